The van der Waals surface area contributed by atoms with E-state index in [0.29, 0.717) is 18.8 Å². The number of amides is 2. The van der Waals surface area contributed by atoms with Crippen LogP contribution in [0.15, 0.2) is 36.4 Å². The van der Waals surface area contributed by atoms with Crippen molar-refractivity contribution in [1.29, 1.82) is 5.41 Å². The van der Waals surface area contributed by atoms with Crippen LogP contribution < -0.4 is 4.74 Å². The van der Waals surface area contributed by atoms with E-state index in [1.807, 2.05) is 30.3 Å². The monoisotopic (exact) mass is 353 g/mol. The van der Waals surface area contributed by atoms with E-state index in [9.17, 15) is 9.59 Å². The van der Waals surface area contributed by atoms with Crippen LogP contribution in [0.4, 0.5) is 0 Å². The number of hydrogen-bond acceptors (Lipinski definition) is 4. The average molecular weight is 353 g/mol. The molecule has 0 aromatic heterocycles. The third-order valence-corrected chi connectivity index (χ3v) is 4.98. The normalized spacial score (nSPS) is 16.5. The van der Waals surface area contributed by atoms with Crippen LogP contribution in [0, 0.1) is 5.41 Å². The van der Waals surface area contributed by atoms with E-state index >= 15 is 0 Å². The molecular formula is C20H23N3O3. The summed E-state index contributed by atoms with van der Waals surface area (Å²) >= 11 is 0. The Hall–Kier alpha value is -2.89. The van der Waals surface area contributed by atoms with Gasteiger partial charge in [-0.1, -0.05) is 24.3 Å². The van der Waals surface area contributed by atoms with Crippen LogP contribution in [0.25, 0.3) is 10.8 Å². The minimum Gasteiger partial charge on any atom is -0.483 e. The Morgan fingerprint density at radius 3 is 2.69 bits per heavy atom. The third kappa shape index (κ3) is 3.54. The summed E-state index contributed by atoms with van der Waals surface area (Å²) in [4.78, 5) is 27.4. The lowest BCUT2D eigenvalue weighted by Crippen LogP contribution is -2.40. The third-order valence-electron chi connectivity index (χ3n) is 4.98. The molecule has 0 aliphatic carbocycles. The van der Waals surface area contributed by atoms with Crippen molar-refractivity contribution < 1.29 is 14.3 Å². The van der Waals surface area contributed by atoms with Gasteiger partial charge in [-0.2, -0.15) is 0 Å². The largest absolute Gasteiger partial charge is 0.483 e. The second kappa shape index (κ2) is 7.56. The number of nitrogens with zero attached hydrogens (tertiary/aromatic N) is 2. The first-order valence-corrected chi connectivity index (χ1v) is 8.67. The predicted octanol–water partition coefficient (Wildman–Crippen LogP) is 2.30. The zero-order valence-electron chi connectivity index (χ0n) is 15.1. The first-order valence-electron chi connectivity index (χ1n) is 8.67. The molecule has 0 radical (unpaired) electrons. The van der Waals surface area contributed by atoms with Gasteiger partial charge in [-0.25, -0.2) is 0 Å². The van der Waals surface area contributed by atoms with Crippen LogP contribution in [-0.4, -0.2) is 60.6 Å². The maximum atomic E-state index is 12.5. The van der Waals surface area contributed by atoms with Crippen LogP contribution in [0.3, 0.4) is 0 Å². The molecule has 1 saturated heterocycles. The van der Waals surface area contributed by atoms with Crippen molar-refractivity contribution in [2.45, 2.75) is 19.4 Å². The highest BCUT2D eigenvalue weighted by molar-refractivity contribution is 6.01. The lowest BCUT2D eigenvalue weighted by Gasteiger charge is -2.23. The minimum atomic E-state index is -0.0790. The second-order valence-corrected chi connectivity index (χ2v) is 6.54. The molecule has 6 heteroatoms. The van der Waals surface area contributed by atoms with Crippen molar-refractivity contribution in [3.63, 3.8) is 0 Å². The molecule has 6 nitrogen and oxygen atoms in total. The molecule has 0 saturated carbocycles. The van der Waals surface area contributed by atoms with Crippen molar-refractivity contribution in [1.82, 2.24) is 9.80 Å². The highest BCUT2D eigenvalue weighted by Crippen LogP contribution is 2.28. The lowest BCUT2D eigenvalue weighted by molar-refractivity contribution is -0.134. The van der Waals surface area contributed by atoms with Gasteiger partial charge in [0.1, 0.15) is 5.75 Å². The SMILES string of the molecule is CC(=O)N(C)C1CCN(C(=O)COc2ccc(C=N)c3ccccc23)C1. The average Bonchev–Trinajstić information content (AvgIpc) is 3.15. The highest BCUT2D eigenvalue weighted by atomic mass is 16.5. The van der Waals surface area contributed by atoms with Gasteiger partial charge >= 0.3 is 0 Å². The quantitative estimate of drug-likeness (QED) is 0.838. The molecule has 136 valence electrons. The number of carbonyl (C=O) groups is 2. The summed E-state index contributed by atoms with van der Waals surface area (Å²) in [6, 6.07) is 11.4. The molecule has 1 aliphatic rings. The number of rotatable bonds is 5. The number of ether oxygens (including phenoxy) is 1. The van der Waals surface area contributed by atoms with Crippen LogP contribution in [-0.2, 0) is 9.59 Å². The maximum Gasteiger partial charge on any atom is 0.260 e. The molecule has 2 aromatic rings. The molecule has 26 heavy (non-hydrogen) atoms. The van der Waals surface area contributed by atoms with Crippen LogP contribution in [0.5, 0.6) is 5.75 Å². The van der Waals surface area contributed by atoms with Crippen molar-refractivity contribution >= 4 is 28.8 Å². The van der Waals surface area contributed by atoms with E-state index < -0.39 is 0 Å². The first kappa shape index (κ1) is 17.9. The van der Waals surface area contributed by atoms with Gasteiger partial charge in [0.25, 0.3) is 5.91 Å². The highest BCUT2D eigenvalue weighted by Gasteiger charge is 2.30. The predicted molar refractivity (Wildman–Crippen MR) is 101 cm³/mol. The maximum absolute atomic E-state index is 12.5. The summed E-state index contributed by atoms with van der Waals surface area (Å²) in [5.74, 6) is 0.569. The Morgan fingerprint density at radius 1 is 1.27 bits per heavy atom. The summed E-state index contributed by atoms with van der Waals surface area (Å²) in [6.45, 7) is 2.69. The Kier molecular flexibility index (Phi) is 5.21. The van der Waals surface area contributed by atoms with Gasteiger partial charge in [0.15, 0.2) is 6.61 Å². The van der Waals surface area contributed by atoms with E-state index in [1.54, 1.807) is 22.9 Å². The Morgan fingerprint density at radius 2 is 2.00 bits per heavy atom. The van der Waals surface area contributed by atoms with Crippen LogP contribution in [0.2, 0.25) is 0 Å². The molecule has 2 amide bonds. The number of carbonyl (C=O) groups excluding carboxylic acids is 2. The molecule has 0 spiro atoms. The standard InChI is InChI=1S/C20H23N3O3/c1-14(24)22(2)16-9-10-23(12-16)20(25)13-26-19-8-7-15(11-21)17-5-3-4-6-18(17)19/h3-8,11,16,21H,9-10,12-13H2,1-2H3. The van der Waals surface area contributed by atoms with Crippen molar-refractivity contribution in [2.24, 2.45) is 0 Å². The second-order valence-electron chi connectivity index (χ2n) is 6.54. The molecule has 0 bridgehead atoms. The number of likely N-dealkylation sites (N-methyl/N-ethyl adjacent to an activating group) is 1. The van der Waals surface area contributed by atoms with Crippen LogP contribution >= 0.6 is 0 Å². The molecule has 1 heterocycles. The number of benzene rings is 2. The van der Waals surface area contributed by atoms with Crippen molar-refractivity contribution in [3.8, 4) is 5.75 Å². The summed E-state index contributed by atoms with van der Waals surface area (Å²) in [7, 11) is 1.77. The van der Waals surface area contributed by atoms with Gasteiger partial charge in [-0.05, 0) is 23.9 Å². The summed E-state index contributed by atoms with van der Waals surface area (Å²) in [5.41, 5.74) is 0.814. The lowest BCUT2D eigenvalue weighted by atomic mass is 10.0. The minimum absolute atomic E-state index is 0.0123. The van der Waals surface area contributed by atoms with Gasteiger partial charge in [0, 0.05) is 44.2 Å². The summed E-state index contributed by atoms with van der Waals surface area (Å²) in [5, 5.41) is 9.32. The molecule has 1 unspecified atom stereocenters. The first-order chi connectivity index (χ1) is 12.5. The smallest absolute Gasteiger partial charge is 0.260 e. The number of fused-ring (bicyclic) bond motifs is 1. The molecular weight excluding hydrogens is 330 g/mol. The van der Waals surface area contributed by atoms with Gasteiger partial charge < -0.3 is 19.9 Å². The van der Waals surface area contributed by atoms with E-state index in [2.05, 4.69) is 0 Å². The summed E-state index contributed by atoms with van der Waals surface area (Å²) < 4.78 is 5.79. The topological polar surface area (TPSA) is 73.7 Å². The van der Waals surface area contributed by atoms with E-state index in [-0.39, 0.29) is 24.5 Å². The zero-order chi connectivity index (χ0) is 18.7. The molecule has 1 atom stereocenters. The van der Waals surface area contributed by atoms with Gasteiger partial charge in [0.05, 0.1) is 6.04 Å². The zero-order valence-corrected chi connectivity index (χ0v) is 15.1. The Labute approximate surface area is 152 Å². The number of hydrogen-bond donors (Lipinski definition) is 1. The van der Waals surface area contributed by atoms with Crippen LogP contribution in [0.1, 0.15) is 18.9 Å². The van der Waals surface area contributed by atoms with Gasteiger partial charge in [-0.15, -0.1) is 0 Å². The fraction of sp³-hybridized carbons (Fsp3) is 0.350. The van der Waals surface area contributed by atoms with Gasteiger partial charge in [0.2, 0.25) is 5.91 Å². The van der Waals surface area contributed by atoms with E-state index in [4.69, 9.17) is 10.1 Å². The van der Waals surface area contributed by atoms with E-state index in [0.717, 1.165) is 22.8 Å². The molecule has 1 N–H and O–H groups in total. The molecule has 3 rings (SSSR count). The molecule has 1 fully saturated rings. The molecule has 1 aliphatic heterocycles. The number of likely N-dealkylation sites (tertiary alicyclic amines) is 1. The molecule has 2 aromatic carbocycles. The Bertz CT molecular complexity index is 849. The van der Waals surface area contributed by atoms with E-state index in [1.165, 1.54) is 13.1 Å². The Balaban J connectivity index is 1.67. The number of nitrogens with one attached hydrogen (secondary N) is 1. The fourth-order valence-corrected chi connectivity index (χ4v) is 3.32. The van der Waals surface area contributed by atoms with Crippen molar-refractivity contribution in [3.05, 3.63) is 42.0 Å². The van der Waals surface area contributed by atoms with Gasteiger partial charge in [-0.3, -0.25) is 9.59 Å². The van der Waals surface area contributed by atoms with Crippen molar-refractivity contribution in [2.75, 3.05) is 26.7 Å². The fourth-order valence-electron chi connectivity index (χ4n) is 3.32. The summed E-state index contributed by atoms with van der Waals surface area (Å²) in [6.07, 6.45) is 2.10.